The Balaban J connectivity index is 1.77. The van der Waals surface area contributed by atoms with E-state index in [1.54, 1.807) is 0 Å². The highest BCUT2D eigenvalue weighted by atomic mass is 16.2. The van der Waals surface area contributed by atoms with Crippen LogP contribution < -0.4 is 4.90 Å². The van der Waals surface area contributed by atoms with E-state index in [9.17, 15) is 4.79 Å². The lowest BCUT2D eigenvalue weighted by Gasteiger charge is -2.32. The van der Waals surface area contributed by atoms with Crippen molar-refractivity contribution in [3.8, 4) is 0 Å². The molecule has 0 saturated heterocycles. The van der Waals surface area contributed by atoms with Gasteiger partial charge in [0.05, 0.1) is 24.6 Å². The monoisotopic (exact) mass is 297 g/mol. The summed E-state index contributed by atoms with van der Waals surface area (Å²) in [6, 6.07) is 5.08. The lowest BCUT2D eigenvalue weighted by molar-refractivity contribution is -0.118. The third kappa shape index (κ3) is 2.04. The zero-order valence-corrected chi connectivity index (χ0v) is 13.4. The van der Waals surface area contributed by atoms with E-state index in [1.807, 2.05) is 11.2 Å². The number of anilines is 1. The van der Waals surface area contributed by atoms with Crippen molar-refractivity contribution in [3.05, 3.63) is 28.8 Å². The van der Waals surface area contributed by atoms with Crippen molar-refractivity contribution in [1.29, 1.82) is 0 Å². The molecule has 3 aliphatic heterocycles. The van der Waals surface area contributed by atoms with Crippen molar-refractivity contribution in [1.82, 2.24) is 4.90 Å². The van der Waals surface area contributed by atoms with Gasteiger partial charge in [0.15, 0.2) is 0 Å². The zero-order valence-electron chi connectivity index (χ0n) is 13.4. The van der Waals surface area contributed by atoms with Crippen molar-refractivity contribution in [2.24, 2.45) is 10.9 Å². The summed E-state index contributed by atoms with van der Waals surface area (Å²) in [4.78, 5) is 20.8. The molecule has 1 aromatic rings. The van der Waals surface area contributed by atoms with E-state index in [-0.39, 0.29) is 0 Å². The molecule has 1 amide bonds. The van der Waals surface area contributed by atoms with Crippen molar-refractivity contribution in [2.45, 2.75) is 39.2 Å². The molecule has 1 unspecified atom stereocenters. The fraction of sp³-hybridized carbons (Fsp3) is 0.556. The van der Waals surface area contributed by atoms with E-state index in [0.717, 1.165) is 32.5 Å². The van der Waals surface area contributed by atoms with Crippen LogP contribution in [0.25, 0.3) is 0 Å². The molecule has 4 heteroatoms. The molecule has 4 rings (SSSR count). The van der Waals surface area contributed by atoms with Gasteiger partial charge in [0.2, 0.25) is 5.91 Å². The molecule has 4 nitrogen and oxygen atoms in total. The number of carbonyl (C=O) groups is 1. The Morgan fingerprint density at radius 1 is 1.09 bits per heavy atom. The number of benzene rings is 1. The summed E-state index contributed by atoms with van der Waals surface area (Å²) in [5.41, 5.74) is 5.35. The van der Waals surface area contributed by atoms with Crippen molar-refractivity contribution in [2.75, 3.05) is 24.5 Å². The third-order valence-electron chi connectivity index (χ3n) is 5.12. The minimum absolute atomic E-state index is 0.297. The van der Waals surface area contributed by atoms with Crippen LogP contribution in [0.4, 0.5) is 5.69 Å². The van der Waals surface area contributed by atoms with Gasteiger partial charge in [-0.25, -0.2) is 0 Å². The van der Waals surface area contributed by atoms with Crippen LogP contribution in [0, 0.1) is 5.92 Å². The summed E-state index contributed by atoms with van der Waals surface area (Å²) in [7, 11) is 0. The Morgan fingerprint density at radius 3 is 2.55 bits per heavy atom. The Kier molecular flexibility index (Phi) is 3.21. The molecule has 0 N–H and O–H groups in total. The molecular weight excluding hydrogens is 274 g/mol. The molecule has 116 valence electrons. The first-order valence-corrected chi connectivity index (χ1v) is 8.37. The normalized spacial score (nSPS) is 21.0. The molecule has 0 bridgehead atoms. The van der Waals surface area contributed by atoms with Crippen LogP contribution >= 0.6 is 0 Å². The van der Waals surface area contributed by atoms with E-state index in [4.69, 9.17) is 0 Å². The molecule has 1 aromatic carbocycles. The molecule has 3 heterocycles. The topological polar surface area (TPSA) is 35.9 Å². The van der Waals surface area contributed by atoms with Crippen LogP contribution in [-0.4, -0.2) is 36.8 Å². The van der Waals surface area contributed by atoms with Gasteiger partial charge in [-0.05, 0) is 35.4 Å². The number of amides is 1. The first-order valence-electron chi connectivity index (χ1n) is 8.37. The fourth-order valence-electron chi connectivity index (χ4n) is 4.22. The first-order chi connectivity index (χ1) is 10.6. The molecule has 0 spiro atoms. The average molecular weight is 297 g/mol. The highest BCUT2D eigenvalue weighted by Crippen LogP contribution is 2.40. The van der Waals surface area contributed by atoms with E-state index >= 15 is 0 Å². The van der Waals surface area contributed by atoms with Gasteiger partial charge in [-0.15, -0.1) is 0 Å². The summed E-state index contributed by atoms with van der Waals surface area (Å²) in [6.07, 6.45) is 4.57. The number of nitrogens with zero attached hydrogens (tertiary/aromatic N) is 3. The van der Waals surface area contributed by atoms with Crippen LogP contribution in [-0.2, 0) is 17.6 Å². The summed E-state index contributed by atoms with van der Waals surface area (Å²) >= 11 is 0. The van der Waals surface area contributed by atoms with Crippen LogP contribution in [0.1, 0.15) is 43.0 Å². The van der Waals surface area contributed by atoms with Gasteiger partial charge in [-0.2, -0.15) is 0 Å². The van der Waals surface area contributed by atoms with Gasteiger partial charge in [0, 0.05) is 19.5 Å². The van der Waals surface area contributed by atoms with Crippen molar-refractivity contribution >= 4 is 17.9 Å². The number of rotatable bonds is 3. The molecule has 22 heavy (non-hydrogen) atoms. The lowest BCUT2D eigenvalue weighted by Crippen LogP contribution is -2.33. The second-order valence-electron chi connectivity index (χ2n) is 6.93. The van der Waals surface area contributed by atoms with E-state index in [2.05, 4.69) is 35.9 Å². The first kappa shape index (κ1) is 13.8. The number of aliphatic imine (C=N–C) groups is 1. The Hall–Kier alpha value is -1.84. The van der Waals surface area contributed by atoms with Gasteiger partial charge in [-0.3, -0.25) is 9.79 Å². The van der Waals surface area contributed by atoms with Gasteiger partial charge < -0.3 is 9.80 Å². The zero-order chi connectivity index (χ0) is 15.3. The fourth-order valence-corrected chi connectivity index (χ4v) is 4.22. The van der Waals surface area contributed by atoms with Gasteiger partial charge in [-0.1, -0.05) is 26.0 Å². The largest absolute Gasteiger partial charge is 0.354 e. The highest BCUT2D eigenvalue weighted by Gasteiger charge is 2.33. The lowest BCUT2D eigenvalue weighted by atomic mass is 9.89. The second kappa shape index (κ2) is 5.11. The molecule has 1 atom stereocenters. The molecule has 3 aliphatic rings. The molecular formula is C18H23N3O. The molecule has 0 saturated carbocycles. The maximum Gasteiger partial charge on any atom is 0.227 e. The Labute approximate surface area is 131 Å². The number of aryl methyl sites for hydroxylation is 1. The minimum Gasteiger partial charge on any atom is -0.354 e. The van der Waals surface area contributed by atoms with Crippen LogP contribution in [0.2, 0.25) is 0 Å². The van der Waals surface area contributed by atoms with Crippen LogP contribution in [0.5, 0.6) is 0 Å². The predicted molar refractivity (Wildman–Crippen MR) is 88.5 cm³/mol. The third-order valence-corrected chi connectivity index (χ3v) is 5.12. The quantitative estimate of drug-likeness (QED) is 0.859. The minimum atomic E-state index is 0.297. The van der Waals surface area contributed by atoms with Gasteiger partial charge in [0.25, 0.3) is 0 Å². The van der Waals surface area contributed by atoms with E-state index in [0.29, 0.717) is 24.3 Å². The van der Waals surface area contributed by atoms with Crippen LogP contribution in [0.15, 0.2) is 17.1 Å². The number of carbonyl (C=O) groups excluding carboxylic acids is 1. The summed E-state index contributed by atoms with van der Waals surface area (Å²) < 4.78 is 0. The van der Waals surface area contributed by atoms with Gasteiger partial charge >= 0.3 is 0 Å². The maximum atomic E-state index is 12.1. The summed E-state index contributed by atoms with van der Waals surface area (Å²) in [5.74, 6) is 0.837. The van der Waals surface area contributed by atoms with E-state index < -0.39 is 0 Å². The highest BCUT2D eigenvalue weighted by molar-refractivity contribution is 5.98. The summed E-state index contributed by atoms with van der Waals surface area (Å²) in [6.45, 7) is 7.35. The SMILES string of the molecule is CC(C)C(c1cc2c3c(c1)CCN3C(=O)CC2)N1C=NCC1. The van der Waals surface area contributed by atoms with Crippen molar-refractivity contribution in [3.63, 3.8) is 0 Å². The maximum absolute atomic E-state index is 12.1. The van der Waals surface area contributed by atoms with Crippen molar-refractivity contribution < 1.29 is 4.79 Å². The van der Waals surface area contributed by atoms with Crippen LogP contribution in [0.3, 0.4) is 0 Å². The molecule has 0 aromatic heterocycles. The smallest absolute Gasteiger partial charge is 0.227 e. The Morgan fingerprint density at radius 2 is 1.86 bits per heavy atom. The predicted octanol–water partition coefficient (Wildman–Crippen LogP) is 2.56. The number of hydrogen-bond donors (Lipinski definition) is 0. The molecule has 0 aliphatic carbocycles. The molecule has 0 radical (unpaired) electrons. The van der Waals surface area contributed by atoms with E-state index in [1.165, 1.54) is 22.4 Å². The van der Waals surface area contributed by atoms with Gasteiger partial charge in [0.1, 0.15) is 0 Å². The summed E-state index contributed by atoms with van der Waals surface area (Å²) in [5, 5.41) is 0. The standard InChI is InChI=1S/C18H23N3O/c1-12(2)17(20-8-6-19-11-20)15-9-13-3-4-16(22)21-7-5-14(10-15)18(13)21/h9-12,17H,3-8H2,1-2H3. The number of hydrogen-bond acceptors (Lipinski definition) is 3. The average Bonchev–Trinajstić information content (AvgIpc) is 3.13. The molecule has 0 fully saturated rings. The Bertz CT molecular complexity index is 650. The second-order valence-corrected chi connectivity index (χ2v) is 6.93.